The predicted molar refractivity (Wildman–Crippen MR) is 108 cm³/mol. The molecule has 1 unspecified atom stereocenters. The number of rotatable bonds is 7. The summed E-state index contributed by atoms with van der Waals surface area (Å²) in [5.74, 6) is 1.31. The molecule has 1 saturated heterocycles. The van der Waals surface area contributed by atoms with Crippen LogP contribution in [0.25, 0.3) is 0 Å². The molecule has 1 amide bonds. The van der Waals surface area contributed by atoms with E-state index in [1.54, 1.807) is 22.8 Å². The minimum absolute atomic E-state index is 0.0617. The topological polar surface area (TPSA) is 105 Å². The van der Waals surface area contributed by atoms with Crippen LogP contribution in [0.1, 0.15) is 28.9 Å². The Morgan fingerprint density at radius 3 is 2.73 bits per heavy atom. The summed E-state index contributed by atoms with van der Waals surface area (Å²) in [6.07, 6.45) is 1.75. The first-order chi connectivity index (χ1) is 14.6. The number of H-pyrrole nitrogens is 1. The molecule has 1 N–H and O–H groups in total. The van der Waals surface area contributed by atoms with E-state index < -0.39 is 0 Å². The van der Waals surface area contributed by atoms with Crippen LogP contribution in [0, 0.1) is 6.92 Å². The van der Waals surface area contributed by atoms with E-state index in [4.69, 9.17) is 4.74 Å². The zero-order valence-corrected chi connectivity index (χ0v) is 17.2. The number of benzene rings is 1. The number of aromatic amines is 1. The molecule has 158 valence electrons. The van der Waals surface area contributed by atoms with Gasteiger partial charge in [0, 0.05) is 32.0 Å². The molecule has 1 atom stereocenters. The van der Waals surface area contributed by atoms with Gasteiger partial charge >= 0.3 is 0 Å². The molecule has 4 rings (SSSR count). The zero-order chi connectivity index (χ0) is 20.9. The molecule has 0 bridgehead atoms. The second kappa shape index (κ2) is 9.14. The van der Waals surface area contributed by atoms with Gasteiger partial charge in [0.2, 0.25) is 5.91 Å². The van der Waals surface area contributed by atoms with E-state index >= 15 is 0 Å². The number of hydrogen-bond acceptors (Lipinski definition) is 7. The van der Waals surface area contributed by atoms with Crippen molar-refractivity contribution in [1.82, 2.24) is 40.0 Å². The molecule has 0 spiro atoms. The van der Waals surface area contributed by atoms with Crippen molar-refractivity contribution in [2.45, 2.75) is 26.1 Å². The number of ether oxygens (including phenoxy) is 1. The second-order valence-corrected chi connectivity index (χ2v) is 7.42. The van der Waals surface area contributed by atoms with Crippen molar-refractivity contribution in [2.75, 3.05) is 33.4 Å². The number of carbonyl (C=O) groups excluding carboxylic acids is 1. The number of likely N-dealkylation sites (N-methyl/N-ethyl adjacent to an activating group) is 1. The molecule has 2 aromatic heterocycles. The Labute approximate surface area is 174 Å². The van der Waals surface area contributed by atoms with Crippen LogP contribution < -0.4 is 0 Å². The van der Waals surface area contributed by atoms with E-state index in [0.29, 0.717) is 25.6 Å². The predicted octanol–water partition coefficient (Wildman–Crippen LogP) is 0.785. The Hall–Kier alpha value is -3.11. The largest absolute Gasteiger partial charge is 0.379 e. The Morgan fingerprint density at radius 2 is 2.03 bits per heavy atom. The molecule has 0 aliphatic carbocycles. The maximum Gasteiger partial charge on any atom is 0.244 e. The highest BCUT2D eigenvalue weighted by Gasteiger charge is 2.30. The van der Waals surface area contributed by atoms with Crippen LogP contribution in [-0.4, -0.2) is 79.2 Å². The fourth-order valence-corrected chi connectivity index (χ4v) is 3.62. The van der Waals surface area contributed by atoms with Gasteiger partial charge in [0.25, 0.3) is 0 Å². The molecule has 3 aromatic rings. The van der Waals surface area contributed by atoms with Crippen molar-refractivity contribution in [3.63, 3.8) is 0 Å². The van der Waals surface area contributed by atoms with E-state index in [2.05, 4.69) is 42.5 Å². The number of carbonyl (C=O) groups is 1. The Bertz CT molecular complexity index is 964. The third-order valence-electron chi connectivity index (χ3n) is 5.18. The standard InChI is InChI=1S/C20H26N8O2/c1-15-12-21-17(22-15)13-26(2)18(29)14-28-20(23-24-25-28)19(16-6-4-3-5-7-16)27-8-10-30-11-9-27/h3-7,12,19H,8-11,13-14H2,1-2H3,(H,21,22). The van der Waals surface area contributed by atoms with Gasteiger partial charge in [0.15, 0.2) is 5.82 Å². The summed E-state index contributed by atoms with van der Waals surface area (Å²) in [4.78, 5) is 24.2. The van der Waals surface area contributed by atoms with Crippen LogP contribution in [0.15, 0.2) is 36.5 Å². The van der Waals surface area contributed by atoms with Gasteiger partial charge in [0.05, 0.1) is 25.8 Å². The first-order valence-corrected chi connectivity index (χ1v) is 9.99. The van der Waals surface area contributed by atoms with Gasteiger partial charge < -0.3 is 14.6 Å². The van der Waals surface area contributed by atoms with Crippen molar-refractivity contribution in [1.29, 1.82) is 0 Å². The fourth-order valence-electron chi connectivity index (χ4n) is 3.62. The van der Waals surface area contributed by atoms with Gasteiger partial charge in [0.1, 0.15) is 12.4 Å². The summed E-state index contributed by atoms with van der Waals surface area (Å²) < 4.78 is 7.11. The number of morpholine rings is 1. The highest BCUT2D eigenvalue weighted by Crippen LogP contribution is 2.27. The maximum atomic E-state index is 12.8. The third kappa shape index (κ3) is 4.55. The van der Waals surface area contributed by atoms with Gasteiger partial charge in [-0.2, -0.15) is 0 Å². The van der Waals surface area contributed by atoms with E-state index in [1.165, 1.54) is 0 Å². The van der Waals surface area contributed by atoms with Crippen LogP contribution in [0.2, 0.25) is 0 Å². The van der Waals surface area contributed by atoms with E-state index in [-0.39, 0.29) is 18.5 Å². The van der Waals surface area contributed by atoms with Gasteiger partial charge in [-0.1, -0.05) is 30.3 Å². The molecular weight excluding hydrogens is 384 g/mol. The summed E-state index contributed by atoms with van der Waals surface area (Å²) >= 11 is 0. The molecule has 1 aliphatic rings. The lowest BCUT2D eigenvalue weighted by atomic mass is 10.0. The smallest absolute Gasteiger partial charge is 0.244 e. The van der Waals surface area contributed by atoms with Crippen molar-refractivity contribution < 1.29 is 9.53 Å². The lowest BCUT2D eigenvalue weighted by Gasteiger charge is -2.33. The number of tetrazole rings is 1. The summed E-state index contributed by atoms with van der Waals surface area (Å²) in [5.41, 5.74) is 2.05. The molecule has 30 heavy (non-hydrogen) atoms. The Kier molecular flexibility index (Phi) is 6.15. The fraction of sp³-hybridized carbons (Fsp3) is 0.450. The number of nitrogens with zero attached hydrogens (tertiary/aromatic N) is 7. The first kappa shape index (κ1) is 20.2. The maximum absolute atomic E-state index is 12.8. The number of nitrogens with one attached hydrogen (secondary N) is 1. The third-order valence-corrected chi connectivity index (χ3v) is 5.18. The molecule has 10 nitrogen and oxygen atoms in total. The minimum atomic E-state index is -0.143. The lowest BCUT2D eigenvalue weighted by Crippen LogP contribution is -2.41. The van der Waals surface area contributed by atoms with Gasteiger partial charge in [-0.25, -0.2) is 9.67 Å². The van der Waals surface area contributed by atoms with Crippen LogP contribution in [0.5, 0.6) is 0 Å². The molecule has 1 aliphatic heterocycles. The quantitative estimate of drug-likeness (QED) is 0.614. The summed E-state index contributed by atoms with van der Waals surface area (Å²) in [5, 5.41) is 12.3. The monoisotopic (exact) mass is 410 g/mol. The highest BCUT2D eigenvalue weighted by molar-refractivity contribution is 5.75. The van der Waals surface area contributed by atoms with Crippen LogP contribution in [-0.2, 0) is 22.6 Å². The van der Waals surface area contributed by atoms with Crippen LogP contribution >= 0.6 is 0 Å². The average Bonchev–Trinajstić information content (AvgIpc) is 3.38. The SMILES string of the molecule is Cc1cnc(CN(C)C(=O)Cn2nnnc2C(c2ccccc2)N2CCOCC2)[nH]1. The zero-order valence-electron chi connectivity index (χ0n) is 17.2. The lowest BCUT2D eigenvalue weighted by molar-refractivity contribution is -0.131. The van der Waals surface area contributed by atoms with Gasteiger partial charge in [-0.15, -0.1) is 5.10 Å². The highest BCUT2D eigenvalue weighted by atomic mass is 16.5. The minimum Gasteiger partial charge on any atom is -0.379 e. The molecule has 0 saturated carbocycles. The summed E-state index contributed by atoms with van der Waals surface area (Å²) in [7, 11) is 1.75. The molecule has 0 radical (unpaired) electrons. The van der Waals surface area contributed by atoms with Crippen LogP contribution in [0.4, 0.5) is 0 Å². The summed E-state index contributed by atoms with van der Waals surface area (Å²) in [6, 6.07) is 9.97. The Morgan fingerprint density at radius 1 is 1.27 bits per heavy atom. The van der Waals surface area contributed by atoms with Gasteiger partial charge in [-0.05, 0) is 22.9 Å². The van der Waals surface area contributed by atoms with Crippen molar-refractivity contribution in [3.8, 4) is 0 Å². The van der Waals surface area contributed by atoms with Crippen molar-refractivity contribution >= 4 is 5.91 Å². The molecular formula is C20H26N8O2. The van der Waals surface area contributed by atoms with Gasteiger partial charge in [-0.3, -0.25) is 9.69 Å². The number of aromatic nitrogens is 6. The summed E-state index contributed by atoms with van der Waals surface area (Å²) in [6.45, 7) is 5.27. The number of aryl methyl sites for hydroxylation is 1. The van der Waals surface area contributed by atoms with E-state index in [1.807, 2.05) is 25.1 Å². The average molecular weight is 410 g/mol. The first-order valence-electron chi connectivity index (χ1n) is 9.99. The molecule has 3 heterocycles. The number of imidazole rings is 1. The molecule has 10 heteroatoms. The second-order valence-electron chi connectivity index (χ2n) is 7.42. The molecule has 1 aromatic carbocycles. The number of hydrogen-bond donors (Lipinski definition) is 1. The normalized spacial score (nSPS) is 15.8. The molecule has 1 fully saturated rings. The van der Waals surface area contributed by atoms with Crippen molar-refractivity contribution in [3.05, 3.63) is 59.4 Å². The number of amides is 1. The Balaban J connectivity index is 1.54. The van der Waals surface area contributed by atoms with Crippen molar-refractivity contribution in [2.24, 2.45) is 0 Å². The van der Waals surface area contributed by atoms with E-state index in [9.17, 15) is 4.79 Å². The van der Waals surface area contributed by atoms with E-state index in [0.717, 1.165) is 30.2 Å². The van der Waals surface area contributed by atoms with Crippen LogP contribution in [0.3, 0.4) is 0 Å².